The lowest BCUT2D eigenvalue weighted by Gasteiger charge is -2.02. The summed E-state index contributed by atoms with van der Waals surface area (Å²) in [4.78, 5) is 21.6. The highest BCUT2D eigenvalue weighted by Gasteiger charge is 2.29. The summed E-state index contributed by atoms with van der Waals surface area (Å²) in [5.41, 5.74) is 0. The van der Waals surface area contributed by atoms with E-state index in [1.165, 1.54) is 0 Å². The van der Waals surface area contributed by atoms with Gasteiger partial charge in [0.15, 0.2) is 17.4 Å². The predicted octanol–water partition coefficient (Wildman–Crippen LogP) is -1.93. The van der Waals surface area contributed by atoms with Gasteiger partial charge in [-0.15, -0.1) is 0 Å². The van der Waals surface area contributed by atoms with Crippen LogP contribution in [0.25, 0.3) is 0 Å². The van der Waals surface area contributed by atoms with E-state index in [-0.39, 0.29) is 35.1 Å². The van der Waals surface area contributed by atoms with Gasteiger partial charge in [0.05, 0.1) is 0 Å². The molecule has 0 aromatic heterocycles. The highest BCUT2D eigenvalue weighted by atomic mass is 27.0. The lowest BCUT2D eigenvalue weighted by atomic mass is 10.0. The average molecular weight is 186 g/mol. The maximum Gasteiger partial charge on any atom is 0.230 e. The molecule has 1 fully saturated rings. The molecular formula is C7H15AlN2O2. The first kappa shape index (κ1) is 11.6. The summed E-state index contributed by atoms with van der Waals surface area (Å²) in [7, 11) is 1.83. The van der Waals surface area contributed by atoms with Gasteiger partial charge in [-0.1, -0.05) is 0 Å². The quantitative estimate of drug-likeness (QED) is 0.399. The fourth-order valence-electron chi connectivity index (χ4n) is 1.16. The van der Waals surface area contributed by atoms with Crippen molar-refractivity contribution in [3.8, 4) is 0 Å². The van der Waals surface area contributed by atoms with E-state index in [1.807, 2.05) is 7.05 Å². The van der Waals surface area contributed by atoms with Crippen LogP contribution in [0.3, 0.4) is 0 Å². The molecular weight excluding hydrogens is 171 g/mol. The van der Waals surface area contributed by atoms with Gasteiger partial charge in [-0.3, -0.25) is 14.9 Å². The fraction of sp³-hybridized carbons (Fsp3) is 0.714. The molecule has 1 heterocycles. The third-order valence-corrected chi connectivity index (χ3v) is 1.81. The molecule has 0 saturated carbocycles. The Morgan fingerprint density at radius 1 is 1.58 bits per heavy atom. The minimum atomic E-state index is -0.142. The molecule has 1 atom stereocenters. The lowest BCUT2D eigenvalue weighted by molar-refractivity contribution is -0.125. The number of carbonyl (C=O) groups excluding carboxylic acids is 2. The molecule has 5 heteroatoms. The maximum atomic E-state index is 10.9. The standard InChI is InChI=1S/C7H12N2O2.Al.3H/c1-8-3-2-5-4-6(10)9-7(5)11;;;;/h5,8H,2-4H2,1H3,(H,9,10,11);;;;. The van der Waals surface area contributed by atoms with Crippen LogP contribution in [0.2, 0.25) is 0 Å². The largest absolute Gasteiger partial charge is 0.320 e. The van der Waals surface area contributed by atoms with Crippen molar-refractivity contribution in [3.05, 3.63) is 0 Å². The summed E-state index contributed by atoms with van der Waals surface area (Å²) >= 11 is 0. The van der Waals surface area contributed by atoms with Crippen LogP contribution in [0, 0.1) is 5.92 Å². The summed E-state index contributed by atoms with van der Waals surface area (Å²) < 4.78 is 0. The van der Waals surface area contributed by atoms with Crippen LogP contribution < -0.4 is 10.6 Å². The van der Waals surface area contributed by atoms with E-state index in [0.29, 0.717) is 6.42 Å². The minimum absolute atomic E-state index is 0. The summed E-state index contributed by atoms with van der Waals surface area (Å²) in [6, 6.07) is 0. The lowest BCUT2D eigenvalue weighted by Crippen LogP contribution is -2.23. The molecule has 1 saturated heterocycles. The molecule has 2 N–H and O–H groups in total. The van der Waals surface area contributed by atoms with Gasteiger partial charge in [0.2, 0.25) is 11.8 Å². The maximum absolute atomic E-state index is 10.9. The summed E-state index contributed by atoms with van der Waals surface area (Å²) in [5.74, 6) is -0.365. The van der Waals surface area contributed by atoms with E-state index < -0.39 is 0 Å². The second kappa shape index (κ2) is 5.31. The number of nitrogens with one attached hydrogen (secondary N) is 2. The zero-order valence-electron chi connectivity index (χ0n) is 6.52. The van der Waals surface area contributed by atoms with Crippen LogP contribution in [0.1, 0.15) is 12.8 Å². The molecule has 4 nitrogen and oxygen atoms in total. The number of hydrogen-bond acceptors (Lipinski definition) is 3. The van der Waals surface area contributed by atoms with Crippen molar-refractivity contribution in [2.24, 2.45) is 5.92 Å². The predicted molar refractivity (Wildman–Crippen MR) is 49.7 cm³/mol. The third kappa shape index (κ3) is 2.94. The molecule has 1 aliphatic heterocycles. The first-order chi connectivity index (χ1) is 5.24. The van der Waals surface area contributed by atoms with Crippen molar-refractivity contribution in [1.82, 2.24) is 10.6 Å². The normalized spacial score (nSPS) is 21.9. The van der Waals surface area contributed by atoms with Gasteiger partial charge in [0.25, 0.3) is 0 Å². The van der Waals surface area contributed by atoms with E-state index in [2.05, 4.69) is 10.6 Å². The Labute approximate surface area is 82.2 Å². The van der Waals surface area contributed by atoms with Crippen LogP contribution in [0.4, 0.5) is 0 Å². The van der Waals surface area contributed by atoms with Gasteiger partial charge in [-0.25, -0.2) is 0 Å². The van der Waals surface area contributed by atoms with Gasteiger partial charge in [0, 0.05) is 12.3 Å². The molecule has 1 rings (SSSR count). The average Bonchev–Trinajstić information content (AvgIpc) is 2.26. The van der Waals surface area contributed by atoms with E-state index in [1.54, 1.807) is 0 Å². The van der Waals surface area contributed by atoms with Crippen molar-refractivity contribution in [1.29, 1.82) is 0 Å². The Morgan fingerprint density at radius 3 is 2.67 bits per heavy atom. The Morgan fingerprint density at radius 2 is 2.25 bits per heavy atom. The van der Waals surface area contributed by atoms with Crippen LogP contribution in [-0.4, -0.2) is 42.8 Å². The summed E-state index contributed by atoms with van der Waals surface area (Å²) in [6.45, 7) is 0.783. The summed E-state index contributed by atoms with van der Waals surface area (Å²) in [5, 5.41) is 5.21. The Balaban J connectivity index is 0.00000121. The second-order valence-corrected chi connectivity index (χ2v) is 2.71. The zero-order chi connectivity index (χ0) is 8.27. The number of imide groups is 1. The molecule has 0 spiro atoms. The molecule has 68 valence electrons. The van der Waals surface area contributed by atoms with E-state index in [0.717, 1.165) is 13.0 Å². The topological polar surface area (TPSA) is 58.2 Å². The van der Waals surface area contributed by atoms with E-state index >= 15 is 0 Å². The molecule has 0 aliphatic carbocycles. The number of amides is 2. The van der Waals surface area contributed by atoms with Crippen molar-refractivity contribution >= 4 is 29.2 Å². The fourth-order valence-corrected chi connectivity index (χ4v) is 1.16. The SMILES string of the molecule is CNCCC1CC(=O)NC1=O.[AlH3]. The smallest absolute Gasteiger partial charge is 0.230 e. The van der Waals surface area contributed by atoms with Gasteiger partial charge in [-0.2, -0.15) is 0 Å². The molecule has 1 aliphatic rings. The second-order valence-electron chi connectivity index (χ2n) is 2.71. The van der Waals surface area contributed by atoms with Crippen LogP contribution in [-0.2, 0) is 9.59 Å². The Bertz CT molecular complexity index is 184. The molecule has 0 aromatic carbocycles. The highest BCUT2D eigenvalue weighted by Crippen LogP contribution is 2.13. The molecule has 0 aromatic rings. The van der Waals surface area contributed by atoms with Gasteiger partial charge in [-0.05, 0) is 20.0 Å². The molecule has 1 unspecified atom stereocenters. The molecule has 0 radical (unpaired) electrons. The van der Waals surface area contributed by atoms with Gasteiger partial charge >= 0.3 is 0 Å². The van der Waals surface area contributed by atoms with Crippen molar-refractivity contribution in [2.75, 3.05) is 13.6 Å². The number of hydrogen-bond donors (Lipinski definition) is 2. The van der Waals surface area contributed by atoms with Crippen LogP contribution in [0.5, 0.6) is 0 Å². The van der Waals surface area contributed by atoms with Gasteiger partial charge < -0.3 is 5.32 Å². The van der Waals surface area contributed by atoms with E-state index in [9.17, 15) is 9.59 Å². The molecule has 0 bridgehead atoms. The van der Waals surface area contributed by atoms with Crippen LogP contribution >= 0.6 is 0 Å². The van der Waals surface area contributed by atoms with Gasteiger partial charge in [0.1, 0.15) is 0 Å². The third-order valence-electron chi connectivity index (χ3n) is 1.81. The van der Waals surface area contributed by atoms with Crippen molar-refractivity contribution < 1.29 is 9.59 Å². The first-order valence-corrected chi connectivity index (χ1v) is 3.72. The summed E-state index contributed by atoms with van der Waals surface area (Å²) in [6.07, 6.45) is 1.11. The Hall–Kier alpha value is -0.368. The highest BCUT2D eigenvalue weighted by molar-refractivity contribution is 6.03. The van der Waals surface area contributed by atoms with E-state index in [4.69, 9.17) is 0 Å². The number of rotatable bonds is 3. The minimum Gasteiger partial charge on any atom is -0.320 e. The van der Waals surface area contributed by atoms with Crippen LogP contribution in [0.15, 0.2) is 0 Å². The molecule has 12 heavy (non-hydrogen) atoms. The molecule has 2 amide bonds. The van der Waals surface area contributed by atoms with Crippen molar-refractivity contribution in [2.45, 2.75) is 12.8 Å². The monoisotopic (exact) mass is 186 g/mol. The van der Waals surface area contributed by atoms with Crippen molar-refractivity contribution in [3.63, 3.8) is 0 Å². The number of carbonyl (C=O) groups is 2. The first-order valence-electron chi connectivity index (χ1n) is 3.72. The zero-order valence-corrected chi connectivity index (χ0v) is 6.52. The Kier molecular flexibility index (Phi) is 5.15.